The van der Waals surface area contributed by atoms with Gasteiger partial charge in [0.05, 0.1) is 6.33 Å². The number of rotatable bonds is 3. The highest BCUT2D eigenvalue weighted by Crippen LogP contribution is 2.12. The average Bonchev–Trinajstić information content (AvgIpc) is 3.03. The van der Waals surface area contributed by atoms with Crippen molar-refractivity contribution in [1.29, 1.82) is 0 Å². The van der Waals surface area contributed by atoms with Gasteiger partial charge in [0.1, 0.15) is 0 Å². The van der Waals surface area contributed by atoms with Crippen molar-refractivity contribution in [1.82, 2.24) is 9.55 Å². The lowest BCUT2D eigenvalue weighted by atomic mass is 10.2. The summed E-state index contributed by atoms with van der Waals surface area (Å²) >= 11 is 0. The van der Waals surface area contributed by atoms with E-state index in [1.54, 1.807) is 24.7 Å². The predicted molar refractivity (Wildman–Crippen MR) is 78.0 cm³/mol. The second-order valence-corrected chi connectivity index (χ2v) is 4.34. The van der Waals surface area contributed by atoms with Gasteiger partial charge in [0.2, 0.25) is 0 Å². The molecule has 0 spiro atoms. The molecule has 0 atom stereocenters. The molecule has 0 saturated carbocycles. The smallest absolute Gasteiger partial charge is 0.255 e. The molecule has 1 heterocycles. The number of imidazole rings is 1. The van der Waals surface area contributed by atoms with Gasteiger partial charge in [-0.1, -0.05) is 18.2 Å². The van der Waals surface area contributed by atoms with Crippen LogP contribution in [0.3, 0.4) is 0 Å². The van der Waals surface area contributed by atoms with Gasteiger partial charge < -0.3 is 9.88 Å². The molecule has 0 saturated heterocycles. The number of nitrogens with zero attached hydrogens (tertiary/aromatic N) is 2. The van der Waals surface area contributed by atoms with Gasteiger partial charge >= 0.3 is 0 Å². The van der Waals surface area contributed by atoms with Crippen LogP contribution in [0.5, 0.6) is 0 Å². The summed E-state index contributed by atoms with van der Waals surface area (Å²) in [6, 6.07) is 16.8. The first-order valence-electron chi connectivity index (χ1n) is 6.28. The van der Waals surface area contributed by atoms with Crippen LogP contribution in [0.25, 0.3) is 5.69 Å². The Labute approximate surface area is 116 Å². The molecule has 1 N–H and O–H groups in total. The van der Waals surface area contributed by atoms with Crippen molar-refractivity contribution < 1.29 is 4.79 Å². The Bertz CT molecular complexity index is 688. The van der Waals surface area contributed by atoms with Crippen molar-refractivity contribution in [2.24, 2.45) is 0 Å². The van der Waals surface area contributed by atoms with E-state index >= 15 is 0 Å². The first-order chi connectivity index (χ1) is 9.83. The summed E-state index contributed by atoms with van der Waals surface area (Å²) in [6.07, 6.45) is 5.30. The van der Waals surface area contributed by atoms with E-state index < -0.39 is 0 Å². The third-order valence-corrected chi connectivity index (χ3v) is 2.96. The van der Waals surface area contributed by atoms with E-state index in [-0.39, 0.29) is 5.91 Å². The summed E-state index contributed by atoms with van der Waals surface area (Å²) < 4.78 is 1.89. The lowest BCUT2D eigenvalue weighted by molar-refractivity contribution is 0.102. The van der Waals surface area contributed by atoms with Crippen LogP contribution in [0.1, 0.15) is 10.4 Å². The van der Waals surface area contributed by atoms with Crippen molar-refractivity contribution in [3.05, 3.63) is 78.9 Å². The Balaban J connectivity index is 1.76. The summed E-state index contributed by atoms with van der Waals surface area (Å²) in [4.78, 5) is 16.1. The molecule has 0 aliphatic rings. The van der Waals surface area contributed by atoms with Gasteiger partial charge in [-0.3, -0.25) is 4.79 Å². The number of carbonyl (C=O) groups excluding carboxylic acids is 1. The van der Waals surface area contributed by atoms with Gasteiger partial charge in [-0.05, 0) is 36.4 Å². The Morgan fingerprint density at radius 2 is 1.75 bits per heavy atom. The Hall–Kier alpha value is -2.88. The number of benzene rings is 2. The second-order valence-electron chi connectivity index (χ2n) is 4.34. The molecule has 0 radical (unpaired) electrons. The fourth-order valence-electron chi connectivity index (χ4n) is 1.92. The quantitative estimate of drug-likeness (QED) is 0.789. The minimum Gasteiger partial charge on any atom is -0.322 e. The second kappa shape index (κ2) is 5.40. The molecule has 1 amide bonds. The maximum absolute atomic E-state index is 12.1. The van der Waals surface area contributed by atoms with Crippen molar-refractivity contribution in [2.75, 3.05) is 5.32 Å². The normalized spacial score (nSPS) is 10.2. The number of amides is 1. The minimum atomic E-state index is -0.117. The molecule has 4 heteroatoms. The fourth-order valence-corrected chi connectivity index (χ4v) is 1.92. The van der Waals surface area contributed by atoms with Gasteiger partial charge in [0, 0.05) is 29.3 Å². The highest BCUT2D eigenvalue weighted by atomic mass is 16.1. The first-order valence-corrected chi connectivity index (χ1v) is 6.28. The molecule has 1 aromatic heterocycles. The largest absolute Gasteiger partial charge is 0.322 e. The van der Waals surface area contributed by atoms with E-state index in [1.165, 1.54) is 0 Å². The number of nitrogens with one attached hydrogen (secondary N) is 1. The molecular weight excluding hydrogens is 250 g/mol. The summed E-state index contributed by atoms with van der Waals surface area (Å²) in [6.45, 7) is 0. The summed E-state index contributed by atoms with van der Waals surface area (Å²) in [7, 11) is 0. The number of carbonyl (C=O) groups is 1. The van der Waals surface area contributed by atoms with Gasteiger partial charge in [-0.15, -0.1) is 0 Å². The van der Waals surface area contributed by atoms with Gasteiger partial charge in [-0.25, -0.2) is 4.98 Å². The van der Waals surface area contributed by atoms with Crippen LogP contribution in [-0.4, -0.2) is 15.5 Å². The Morgan fingerprint density at radius 1 is 1.00 bits per heavy atom. The fraction of sp³-hybridized carbons (Fsp3) is 0. The Morgan fingerprint density at radius 3 is 2.40 bits per heavy atom. The van der Waals surface area contributed by atoms with Gasteiger partial charge in [0.25, 0.3) is 5.91 Å². The van der Waals surface area contributed by atoms with E-state index in [0.717, 1.165) is 11.4 Å². The predicted octanol–water partition coefficient (Wildman–Crippen LogP) is 3.12. The molecule has 3 aromatic rings. The number of aromatic nitrogens is 2. The van der Waals surface area contributed by atoms with Crippen molar-refractivity contribution in [3.63, 3.8) is 0 Å². The molecular formula is C16H13N3O. The molecule has 0 fully saturated rings. The van der Waals surface area contributed by atoms with Gasteiger partial charge in [0.15, 0.2) is 0 Å². The zero-order chi connectivity index (χ0) is 13.8. The molecule has 0 aliphatic heterocycles. The van der Waals surface area contributed by atoms with Gasteiger partial charge in [-0.2, -0.15) is 0 Å². The zero-order valence-electron chi connectivity index (χ0n) is 10.7. The first kappa shape index (κ1) is 12.2. The third-order valence-electron chi connectivity index (χ3n) is 2.96. The summed E-state index contributed by atoms with van der Waals surface area (Å²) in [5.74, 6) is -0.117. The van der Waals surface area contributed by atoms with E-state index in [4.69, 9.17) is 0 Å². The topological polar surface area (TPSA) is 46.9 Å². The molecule has 0 unspecified atom stereocenters. The van der Waals surface area contributed by atoms with Crippen LogP contribution < -0.4 is 5.32 Å². The monoisotopic (exact) mass is 263 g/mol. The van der Waals surface area contributed by atoms with E-state index in [1.807, 2.05) is 53.2 Å². The number of para-hydroxylation sites is 1. The molecule has 4 nitrogen and oxygen atoms in total. The maximum Gasteiger partial charge on any atom is 0.255 e. The van der Waals surface area contributed by atoms with Crippen LogP contribution >= 0.6 is 0 Å². The van der Waals surface area contributed by atoms with E-state index in [0.29, 0.717) is 5.56 Å². The highest BCUT2D eigenvalue weighted by Gasteiger charge is 2.05. The van der Waals surface area contributed by atoms with Crippen LogP contribution in [0, 0.1) is 0 Å². The number of hydrogen-bond donors (Lipinski definition) is 1. The summed E-state index contributed by atoms with van der Waals surface area (Å²) in [5.41, 5.74) is 2.38. The van der Waals surface area contributed by atoms with Crippen LogP contribution in [-0.2, 0) is 0 Å². The molecule has 3 rings (SSSR count). The highest BCUT2D eigenvalue weighted by molar-refractivity contribution is 6.04. The number of anilines is 1. The SMILES string of the molecule is O=C(Nc1ccccc1)c1ccc(-n2ccnc2)cc1. The molecule has 0 bridgehead atoms. The van der Waals surface area contributed by atoms with Crippen LogP contribution in [0.2, 0.25) is 0 Å². The third kappa shape index (κ3) is 2.59. The molecule has 0 aliphatic carbocycles. The van der Waals surface area contributed by atoms with Crippen LogP contribution in [0.15, 0.2) is 73.3 Å². The average molecular weight is 263 g/mol. The Kier molecular flexibility index (Phi) is 3.29. The minimum absolute atomic E-state index is 0.117. The zero-order valence-corrected chi connectivity index (χ0v) is 10.7. The van der Waals surface area contributed by atoms with Crippen molar-refractivity contribution in [3.8, 4) is 5.69 Å². The van der Waals surface area contributed by atoms with Crippen molar-refractivity contribution >= 4 is 11.6 Å². The maximum atomic E-state index is 12.1. The van der Waals surface area contributed by atoms with E-state index in [9.17, 15) is 4.79 Å². The number of hydrogen-bond acceptors (Lipinski definition) is 2. The lowest BCUT2D eigenvalue weighted by Gasteiger charge is -2.06. The van der Waals surface area contributed by atoms with Crippen LogP contribution in [0.4, 0.5) is 5.69 Å². The standard InChI is InChI=1S/C16H13N3O/c20-16(18-14-4-2-1-3-5-14)13-6-8-15(9-7-13)19-11-10-17-12-19/h1-12H,(H,18,20). The molecule has 20 heavy (non-hydrogen) atoms. The summed E-state index contributed by atoms with van der Waals surface area (Å²) in [5, 5.41) is 2.85. The molecule has 2 aromatic carbocycles. The molecule has 98 valence electrons. The van der Waals surface area contributed by atoms with E-state index in [2.05, 4.69) is 10.3 Å². The van der Waals surface area contributed by atoms with Crippen molar-refractivity contribution in [2.45, 2.75) is 0 Å². The lowest BCUT2D eigenvalue weighted by Crippen LogP contribution is -2.11.